The minimum absolute atomic E-state index is 0.0458. The summed E-state index contributed by atoms with van der Waals surface area (Å²) >= 11 is 0. The third-order valence-corrected chi connectivity index (χ3v) is 6.24. The first kappa shape index (κ1) is 20.0. The van der Waals surface area contributed by atoms with E-state index in [1.807, 2.05) is 46.0 Å². The molecule has 7 nitrogen and oxygen atoms in total. The summed E-state index contributed by atoms with van der Waals surface area (Å²) in [6.07, 6.45) is 1.96. The van der Waals surface area contributed by atoms with Crippen LogP contribution >= 0.6 is 0 Å². The number of hydrogen-bond donors (Lipinski definition) is 0. The highest BCUT2D eigenvalue weighted by Crippen LogP contribution is 2.32. The van der Waals surface area contributed by atoms with Crippen LogP contribution in [0.15, 0.2) is 42.5 Å². The Labute approximate surface area is 182 Å². The molecular weight excluding hydrogens is 392 g/mol. The first-order chi connectivity index (χ1) is 15.3. The highest BCUT2D eigenvalue weighted by Gasteiger charge is 2.28. The van der Waals surface area contributed by atoms with E-state index in [0.717, 1.165) is 68.0 Å². The molecule has 0 saturated carbocycles. The SMILES string of the molecule is COc1cccc2c(C(=O)N3CCCc4ccccc43)nn(CCN3CCOCC3)c12. The first-order valence-corrected chi connectivity index (χ1v) is 11.0. The number of benzene rings is 2. The lowest BCUT2D eigenvalue weighted by molar-refractivity contribution is 0.0361. The summed E-state index contributed by atoms with van der Waals surface area (Å²) in [5.41, 5.74) is 3.59. The summed E-state index contributed by atoms with van der Waals surface area (Å²) in [5, 5.41) is 5.66. The molecule has 2 aliphatic rings. The number of amides is 1. The second-order valence-corrected chi connectivity index (χ2v) is 8.07. The molecule has 0 N–H and O–H groups in total. The zero-order valence-electron chi connectivity index (χ0n) is 17.9. The van der Waals surface area contributed by atoms with E-state index >= 15 is 0 Å². The molecule has 0 spiro atoms. The standard InChI is InChI=1S/C24H28N4O3/c1-30-21-10-4-8-19-22(24(29)27-11-5-7-18-6-2-3-9-20(18)27)25-28(23(19)21)13-12-26-14-16-31-17-15-26/h2-4,6,8-10H,5,7,11-17H2,1H3. The van der Waals surface area contributed by atoms with Crippen LogP contribution in [-0.2, 0) is 17.7 Å². The zero-order chi connectivity index (χ0) is 21.2. The van der Waals surface area contributed by atoms with Crippen LogP contribution in [0.1, 0.15) is 22.5 Å². The van der Waals surface area contributed by atoms with E-state index in [9.17, 15) is 4.79 Å². The fraction of sp³-hybridized carbons (Fsp3) is 0.417. The van der Waals surface area contributed by atoms with Crippen molar-refractivity contribution < 1.29 is 14.3 Å². The quantitative estimate of drug-likeness (QED) is 0.635. The van der Waals surface area contributed by atoms with Crippen molar-refractivity contribution in [2.45, 2.75) is 19.4 Å². The summed E-state index contributed by atoms with van der Waals surface area (Å²) < 4.78 is 13.0. The third-order valence-electron chi connectivity index (χ3n) is 6.24. The molecule has 2 aromatic carbocycles. The van der Waals surface area contributed by atoms with E-state index in [4.69, 9.17) is 14.6 Å². The molecule has 2 aliphatic heterocycles. The number of hydrogen-bond acceptors (Lipinski definition) is 5. The first-order valence-electron chi connectivity index (χ1n) is 11.0. The van der Waals surface area contributed by atoms with Gasteiger partial charge in [0, 0.05) is 37.3 Å². The maximum atomic E-state index is 13.7. The monoisotopic (exact) mass is 420 g/mol. The number of para-hydroxylation sites is 2. The lowest BCUT2D eigenvalue weighted by Gasteiger charge is -2.29. The molecule has 162 valence electrons. The van der Waals surface area contributed by atoms with Crippen molar-refractivity contribution in [1.29, 1.82) is 0 Å². The fourth-order valence-electron chi connectivity index (χ4n) is 4.62. The molecule has 0 radical (unpaired) electrons. The van der Waals surface area contributed by atoms with Gasteiger partial charge in [0.2, 0.25) is 0 Å². The van der Waals surface area contributed by atoms with Crippen molar-refractivity contribution >= 4 is 22.5 Å². The van der Waals surface area contributed by atoms with Gasteiger partial charge in [0.25, 0.3) is 5.91 Å². The van der Waals surface area contributed by atoms with Gasteiger partial charge < -0.3 is 14.4 Å². The predicted molar refractivity (Wildman–Crippen MR) is 120 cm³/mol. The Bertz CT molecular complexity index is 1090. The van der Waals surface area contributed by atoms with E-state index < -0.39 is 0 Å². The van der Waals surface area contributed by atoms with Crippen LogP contribution in [0, 0.1) is 0 Å². The number of rotatable bonds is 5. The van der Waals surface area contributed by atoms with Gasteiger partial charge in [-0.15, -0.1) is 0 Å². The van der Waals surface area contributed by atoms with Crippen LogP contribution in [0.25, 0.3) is 10.9 Å². The summed E-state index contributed by atoms with van der Waals surface area (Å²) in [6, 6.07) is 14.0. The Morgan fingerprint density at radius 2 is 1.90 bits per heavy atom. The van der Waals surface area contributed by atoms with Gasteiger partial charge in [-0.25, -0.2) is 0 Å². The minimum Gasteiger partial charge on any atom is -0.494 e. The number of carbonyl (C=O) groups is 1. The highest BCUT2D eigenvalue weighted by atomic mass is 16.5. The van der Waals surface area contributed by atoms with Crippen LogP contribution < -0.4 is 9.64 Å². The summed E-state index contributed by atoms with van der Waals surface area (Å²) in [7, 11) is 1.66. The minimum atomic E-state index is -0.0458. The molecule has 1 amide bonds. The smallest absolute Gasteiger partial charge is 0.279 e. The van der Waals surface area contributed by atoms with Crippen molar-refractivity contribution in [2.75, 3.05) is 51.4 Å². The number of carbonyl (C=O) groups excluding carboxylic acids is 1. The molecule has 3 heterocycles. The largest absolute Gasteiger partial charge is 0.494 e. The molecule has 1 aromatic heterocycles. The van der Waals surface area contributed by atoms with Gasteiger partial charge in [0.05, 0.1) is 26.9 Å². The Kier molecular flexibility index (Phi) is 5.61. The number of anilines is 1. The van der Waals surface area contributed by atoms with E-state index in [1.54, 1.807) is 7.11 Å². The Balaban J connectivity index is 1.51. The lowest BCUT2D eigenvalue weighted by atomic mass is 10.0. The number of nitrogens with zero attached hydrogens (tertiary/aromatic N) is 4. The molecule has 3 aromatic rings. The number of ether oxygens (including phenoxy) is 2. The third kappa shape index (κ3) is 3.79. The molecule has 5 rings (SSSR count). The molecule has 0 bridgehead atoms. The zero-order valence-corrected chi connectivity index (χ0v) is 17.9. The predicted octanol–water partition coefficient (Wildman–Crippen LogP) is 2.97. The normalized spacial score (nSPS) is 17.0. The van der Waals surface area contributed by atoms with Gasteiger partial charge in [-0.05, 0) is 30.5 Å². The van der Waals surface area contributed by atoms with Gasteiger partial charge in [0.1, 0.15) is 11.3 Å². The second kappa shape index (κ2) is 8.69. The molecule has 31 heavy (non-hydrogen) atoms. The van der Waals surface area contributed by atoms with E-state index in [0.29, 0.717) is 18.8 Å². The molecule has 1 fully saturated rings. The molecule has 0 atom stereocenters. The number of aromatic nitrogens is 2. The van der Waals surface area contributed by atoms with Crippen molar-refractivity contribution in [2.24, 2.45) is 0 Å². The molecule has 0 aliphatic carbocycles. The van der Waals surface area contributed by atoms with E-state index in [1.165, 1.54) is 5.56 Å². The maximum Gasteiger partial charge on any atom is 0.279 e. The van der Waals surface area contributed by atoms with Crippen molar-refractivity contribution in [3.8, 4) is 5.75 Å². The van der Waals surface area contributed by atoms with Gasteiger partial charge in [-0.3, -0.25) is 14.4 Å². The van der Waals surface area contributed by atoms with Gasteiger partial charge in [-0.2, -0.15) is 5.10 Å². The van der Waals surface area contributed by atoms with Crippen molar-refractivity contribution in [3.63, 3.8) is 0 Å². The molecule has 0 unspecified atom stereocenters. The molecular formula is C24H28N4O3. The highest BCUT2D eigenvalue weighted by molar-refractivity contribution is 6.13. The number of morpholine rings is 1. The maximum absolute atomic E-state index is 13.7. The number of methoxy groups -OCH3 is 1. The Morgan fingerprint density at radius 1 is 1.06 bits per heavy atom. The fourth-order valence-corrected chi connectivity index (χ4v) is 4.62. The van der Waals surface area contributed by atoms with E-state index in [2.05, 4.69) is 11.0 Å². The molecule has 7 heteroatoms. The van der Waals surface area contributed by atoms with Crippen LogP contribution in [0.2, 0.25) is 0 Å². The lowest BCUT2D eigenvalue weighted by Crippen LogP contribution is -2.38. The Hall–Kier alpha value is -2.90. The van der Waals surface area contributed by atoms with Crippen LogP contribution in [0.4, 0.5) is 5.69 Å². The van der Waals surface area contributed by atoms with Crippen LogP contribution in [-0.4, -0.2) is 67.1 Å². The van der Waals surface area contributed by atoms with Crippen LogP contribution in [0.5, 0.6) is 5.75 Å². The van der Waals surface area contributed by atoms with E-state index in [-0.39, 0.29) is 5.91 Å². The summed E-state index contributed by atoms with van der Waals surface area (Å²) in [5.74, 6) is 0.695. The average molecular weight is 421 g/mol. The van der Waals surface area contributed by atoms with Crippen molar-refractivity contribution in [1.82, 2.24) is 14.7 Å². The number of aryl methyl sites for hydroxylation is 1. The topological polar surface area (TPSA) is 59.8 Å². The summed E-state index contributed by atoms with van der Waals surface area (Å²) in [4.78, 5) is 17.9. The Morgan fingerprint density at radius 3 is 2.74 bits per heavy atom. The second-order valence-electron chi connectivity index (χ2n) is 8.07. The van der Waals surface area contributed by atoms with Gasteiger partial charge in [0.15, 0.2) is 5.69 Å². The van der Waals surface area contributed by atoms with Crippen molar-refractivity contribution in [3.05, 3.63) is 53.7 Å². The number of fused-ring (bicyclic) bond motifs is 2. The van der Waals surface area contributed by atoms with Crippen LogP contribution in [0.3, 0.4) is 0 Å². The average Bonchev–Trinajstić information content (AvgIpc) is 3.21. The van der Waals surface area contributed by atoms with Gasteiger partial charge >= 0.3 is 0 Å². The van der Waals surface area contributed by atoms with Gasteiger partial charge in [-0.1, -0.05) is 30.3 Å². The summed E-state index contributed by atoms with van der Waals surface area (Å²) in [6.45, 7) is 5.64. The molecule has 1 saturated heterocycles.